The highest BCUT2D eigenvalue weighted by molar-refractivity contribution is 6.02. The molecule has 0 atom stereocenters. The molecule has 2 amide bonds. The van der Waals surface area contributed by atoms with Crippen LogP contribution >= 0.6 is 0 Å². The molecule has 0 radical (unpaired) electrons. The van der Waals surface area contributed by atoms with Gasteiger partial charge in [0.2, 0.25) is 11.8 Å². The molecule has 1 fully saturated rings. The zero-order chi connectivity index (χ0) is 15.4. The summed E-state index contributed by atoms with van der Waals surface area (Å²) in [4.78, 5) is 27.2. The summed E-state index contributed by atoms with van der Waals surface area (Å²) in [6.07, 6.45) is 0.652. The van der Waals surface area contributed by atoms with Gasteiger partial charge in [-0.2, -0.15) is 0 Å². The first-order valence-corrected chi connectivity index (χ1v) is 7.41. The van der Waals surface area contributed by atoms with Crippen molar-refractivity contribution in [2.45, 2.75) is 19.4 Å². The molecule has 4 heteroatoms. The van der Waals surface area contributed by atoms with Crippen LogP contribution in [-0.4, -0.2) is 23.4 Å². The summed E-state index contributed by atoms with van der Waals surface area (Å²) in [5, 5.41) is 0. The average Bonchev–Trinajstić information content (AvgIpc) is 2.88. The maximum absolute atomic E-state index is 11.9. The van der Waals surface area contributed by atoms with E-state index in [2.05, 4.69) is 4.90 Å². The molecule has 4 nitrogen and oxygen atoms in total. The number of carbonyl (C=O) groups is 2. The van der Waals surface area contributed by atoms with Crippen molar-refractivity contribution in [1.29, 1.82) is 0 Å². The minimum absolute atomic E-state index is 0.0843. The van der Waals surface area contributed by atoms with E-state index in [1.54, 1.807) is 0 Å². The van der Waals surface area contributed by atoms with Crippen LogP contribution in [0.15, 0.2) is 60.7 Å². The largest absolute Gasteiger partial charge is 0.349 e. The highest BCUT2D eigenvalue weighted by Gasteiger charge is 2.30. The molecule has 1 heterocycles. The fourth-order valence-electron chi connectivity index (χ4n) is 2.62. The van der Waals surface area contributed by atoms with E-state index in [1.165, 1.54) is 4.90 Å². The maximum Gasteiger partial charge on any atom is 0.231 e. The van der Waals surface area contributed by atoms with Crippen LogP contribution in [0.4, 0.5) is 5.69 Å². The third-order valence-corrected chi connectivity index (χ3v) is 3.80. The van der Waals surface area contributed by atoms with Crippen LogP contribution in [0.25, 0.3) is 0 Å². The predicted molar refractivity (Wildman–Crippen MR) is 85.0 cm³/mol. The number of amides is 2. The van der Waals surface area contributed by atoms with Crippen LogP contribution in [-0.2, 0) is 16.1 Å². The highest BCUT2D eigenvalue weighted by Crippen LogP contribution is 2.20. The summed E-state index contributed by atoms with van der Waals surface area (Å²) < 4.78 is 0. The van der Waals surface area contributed by atoms with E-state index in [1.807, 2.05) is 60.7 Å². The Balaban J connectivity index is 1.83. The number of imide groups is 1. The monoisotopic (exact) mass is 294 g/mol. The van der Waals surface area contributed by atoms with Gasteiger partial charge in [-0.05, 0) is 17.7 Å². The Morgan fingerprint density at radius 3 is 1.95 bits per heavy atom. The fraction of sp³-hybridized carbons (Fsp3) is 0.222. The molecule has 0 unspecified atom stereocenters. The molecule has 0 spiro atoms. The summed E-state index contributed by atoms with van der Waals surface area (Å²) in [5.41, 5.74) is 2.14. The lowest BCUT2D eigenvalue weighted by molar-refractivity contribution is -0.138. The number of hydrogen-bond donors (Lipinski definition) is 0. The van der Waals surface area contributed by atoms with Gasteiger partial charge in [0.25, 0.3) is 0 Å². The lowest BCUT2D eigenvalue weighted by atomic mass is 10.2. The summed E-state index contributed by atoms with van der Waals surface area (Å²) in [7, 11) is 0. The molecule has 0 aromatic heterocycles. The Hall–Kier alpha value is -2.62. The maximum atomic E-state index is 11.9. The van der Waals surface area contributed by atoms with Crippen molar-refractivity contribution < 1.29 is 9.59 Å². The van der Waals surface area contributed by atoms with Gasteiger partial charge in [-0.1, -0.05) is 48.5 Å². The van der Waals surface area contributed by atoms with Crippen molar-refractivity contribution in [2.24, 2.45) is 0 Å². The second-order valence-corrected chi connectivity index (χ2v) is 5.38. The standard InChI is InChI=1S/C18H18N2O2/c21-17-11-12-18(22)20(17)14-19(16-9-5-2-6-10-16)13-15-7-3-1-4-8-15/h1-10H,11-14H2. The zero-order valence-electron chi connectivity index (χ0n) is 12.3. The van der Waals surface area contributed by atoms with Crippen molar-refractivity contribution in [1.82, 2.24) is 4.90 Å². The zero-order valence-corrected chi connectivity index (χ0v) is 12.3. The number of hydrogen-bond acceptors (Lipinski definition) is 3. The van der Waals surface area contributed by atoms with Crippen molar-refractivity contribution in [3.63, 3.8) is 0 Å². The number of carbonyl (C=O) groups excluding carboxylic acids is 2. The fourth-order valence-corrected chi connectivity index (χ4v) is 2.62. The molecule has 0 bridgehead atoms. The van der Waals surface area contributed by atoms with Crippen LogP contribution < -0.4 is 4.90 Å². The van der Waals surface area contributed by atoms with Gasteiger partial charge in [-0.3, -0.25) is 14.5 Å². The van der Waals surface area contributed by atoms with Gasteiger partial charge in [-0.25, -0.2) is 0 Å². The SMILES string of the molecule is O=C1CCC(=O)N1CN(Cc1ccccc1)c1ccccc1. The number of anilines is 1. The van der Waals surface area contributed by atoms with E-state index >= 15 is 0 Å². The molecule has 1 aliphatic heterocycles. The summed E-state index contributed by atoms with van der Waals surface area (Å²) in [5.74, 6) is -0.169. The second-order valence-electron chi connectivity index (χ2n) is 5.38. The van der Waals surface area contributed by atoms with Crippen molar-refractivity contribution in [3.05, 3.63) is 66.2 Å². The second kappa shape index (κ2) is 6.43. The average molecular weight is 294 g/mol. The third-order valence-electron chi connectivity index (χ3n) is 3.80. The van der Waals surface area contributed by atoms with Crippen molar-refractivity contribution >= 4 is 17.5 Å². The van der Waals surface area contributed by atoms with E-state index in [0.717, 1.165) is 11.3 Å². The third kappa shape index (κ3) is 3.17. The van der Waals surface area contributed by atoms with Crippen LogP contribution in [0.5, 0.6) is 0 Å². The molecular weight excluding hydrogens is 276 g/mol. The van der Waals surface area contributed by atoms with Crippen molar-refractivity contribution in [3.8, 4) is 0 Å². The Bertz CT molecular complexity index is 639. The molecule has 0 aliphatic carbocycles. The lowest BCUT2D eigenvalue weighted by Crippen LogP contribution is -2.40. The normalized spacial score (nSPS) is 14.5. The summed E-state index contributed by atoms with van der Waals surface area (Å²) in [6, 6.07) is 19.9. The first-order valence-electron chi connectivity index (χ1n) is 7.41. The molecule has 1 saturated heterocycles. The predicted octanol–water partition coefficient (Wildman–Crippen LogP) is 2.80. The minimum Gasteiger partial charge on any atom is -0.349 e. The Labute approximate surface area is 130 Å². The smallest absolute Gasteiger partial charge is 0.231 e. The number of para-hydroxylation sites is 1. The Morgan fingerprint density at radius 1 is 0.818 bits per heavy atom. The van der Waals surface area contributed by atoms with Gasteiger partial charge in [0.1, 0.15) is 6.67 Å². The molecule has 2 aromatic rings. The van der Waals surface area contributed by atoms with Crippen LogP contribution in [0, 0.1) is 0 Å². The van der Waals surface area contributed by atoms with Crippen molar-refractivity contribution in [2.75, 3.05) is 11.6 Å². The molecule has 1 aliphatic rings. The first-order chi connectivity index (χ1) is 10.7. The molecule has 3 rings (SSSR count). The molecule has 22 heavy (non-hydrogen) atoms. The van der Waals surface area contributed by atoms with Gasteiger partial charge < -0.3 is 4.90 Å². The molecule has 2 aromatic carbocycles. The number of rotatable bonds is 5. The van der Waals surface area contributed by atoms with E-state index in [4.69, 9.17) is 0 Å². The Morgan fingerprint density at radius 2 is 1.36 bits per heavy atom. The summed E-state index contributed by atoms with van der Waals surface area (Å²) in [6.45, 7) is 0.957. The van der Waals surface area contributed by atoms with Crippen LogP contribution in [0.2, 0.25) is 0 Å². The van der Waals surface area contributed by atoms with Crippen LogP contribution in [0.1, 0.15) is 18.4 Å². The summed E-state index contributed by atoms with van der Waals surface area (Å²) >= 11 is 0. The molecule has 112 valence electrons. The van der Waals surface area contributed by atoms with Gasteiger partial charge in [0.05, 0.1) is 0 Å². The molecule has 0 saturated carbocycles. The Kier molecular flexibility index (Phi) is 4.19. The molecular formula is C18H18N2O2. The van der Waals surface area contributed by atoms with Gasteiger partial charge in [0.15, 0.2) is 0 Å². The molecule has 0 N–H and O–H groups in total. The topological polar surface area (TPSA) is 40.6 Å². The lowest BCUT2D eigenvalue weighted by Gasteiger charge is -2.29. The number of nitrogens with zero attached hydrogens (tertiary/aromatic N) is 2. The quantitative estimate of drug-likeness (QED) is 0.796. The van der Waals surface area contributed by atoms with Gasteiger partial charge >= 0.3 is 0 Å². The highest BCUT2D eigenvalue weighted by atomic mass is 16.2. The number of likely N-dealkylation sites (tertiary alicyclic amines) is 1. The van der Waals surface area contributed by atoms with Gasteiger partial charge in [0, 0.05) is 25.1 Å². The van der Waals surface area contributed by atoms with Gasteiger partial charge in [-0.15, -0.1) is 0 Å². The number of benzene rings is 2. The van der Waals surface area contributed by atoms with E-state index in [9.17, 15) is 9.59 Å². The van der Waals surface area contributed by atoms with Crippen LogP contribution in [0.3, 0.4) is 0 Å². The van der Waals surface area contributed by atoms with E-state index in [0.29, 0.717) is 26.1 Å². The first kappa shape index (κ1) is 14.3. The minimum atomic E-state index is -0.0843. The van der Waals surface area contributed by atoms with E-state index in [-0.39, 0.29) is 11.8 Å². The van der Waals surface area contributed by atoms with E-state index < -0.39 is 0 Å².